The zero-order chi connectivity index (χ0) is 15.4. The first kappa shape index (κ1) is 14.9. The van der Waals surface area contributed by atoms with Gasteiger partial charge >= 0.3 is 0 Å². The van der Waals surface area contributed by atoms with Crippen LogP contribution in [-0.2, 0) is 0 Å². The van der Waals surface area contributed by atoms with Crippen molar-refractivity contribution < 1.29 is 0 Å². The number of rotatable bonds is 1. The number of fused-ring (bicyclic) bond motifs is 1. The van der Waals surface area contributed by atoms with Gasteiger partial charge in [0.05, 0.1) is 5.69 Å². The molecule has 2 saturated heterocycles. The minimum absolute atomic E-state index is 0.279. The molecule has 6 nitrogen and oxygen atoms in total. The molecule has 0 unspecified atom stereocenters. The van der Waals surface area contributed by atoms with E-state index in [0.29, 0.717) is 0 Å². The Morgan fingerprint density at radius 1 is 1.27 bits per heavy atom. The maximum Gasteiger partial charge on any atom is 0.220 e. The van der Waals surface area contributed by atoms with E-state index in [9.17, 15) is 0 Å². The average Bonchev–Trinajstić information content (AvgIpc) is 3.09. The van der Waals surface area contributed by atoms with Crippen LogP contribution < -0.4 is 11.1 Å². The molecule has 2 aliphatic heterocycles. The van der Waals surface area contributed by atoms with E-state index in [0.717, 1.165) is 23.2 Å². The standard InChI is InChI=1S/C9H8N4.C7H14N2/c10-9-12-5-3-8(13-9)7-2-1-4-11-6-7;1-9-4-6-2-3-8-7(6)5-9/h1-6H,(H2,10,12,13);6-8H,2-5H2,1H3/t;6-,7+/m.1/s1. The van der Waals surface area contributed by atoms with Gasteiger partial charge in [0, 0.05) is 43.3 Å². The molecule has 2 aromatic rings. The van der Waals surface area contributed by atoms with Gasteiger partial charge in [-0.1, -0.05) is 0 Å². The third-order valence-corrected chi connectivity index (χ3v) is 4.18. The van der Waals surface area contributed by atoms with Gasteiger partial charge in [0.15, 0.2) is 0 Å². The van der Waals surface area contributed by atoms with Crippen molar-refractivity contribution >= 4 is 5.95 Å². The van der Waals surface area contributed by atoms with Crippen molar-refractivity contribution in [3.8, 4) is 11.3 Å². The zero-order valence-corrected chi connectivity index (χ0v) is 12.8. The molecule has 0 aliphatic carbocycles. The third kappa shape index (κ3) is 3.58. The molecule has 0 amide bonds. The van der Waals surface area contributed by atoms with Crippen molar-refractivity contribution in [2.45, 2.75) is 12.5 Å². The number of likely N-dealkylation sites (N-methyl/N-ethyl adjacent to an activating group) is 1. The Morgan fingerprint density at radius 2 is 2.18 bits per heavy atom. The molecule has 0 spiro atoms. The quantitative estimate of drug-likeness (QED) is 0.818. The highest BCUT2D eigenvalue weighted by molar-refractivity contribution is 5.57. The van der Waals surface area contributed by atoms with Crippen LogP contribution in [0.25, 0.3) is 11.3 Å². The van der Waals surface area contributed by atoms with E-state index in [-0.39, 0.29) is 5.95 Å². The topological polar surface area (TPSA) is 80.0 Å². The summed E-state index contributed by atoms with van der Waals surface area (Å²) in [6.07, 6.45) is 6.48. The van der Waals surface area contributed by atoms with E-state index >= 15 is 0 Å². The summed E-state index contributed by atoms with van der Waals surface area (Å²) in [5.74, 6) is 1.25. The zero-order valence-electron chi connectivity index (χ0n) is 12.8. The van der Waals surface area contributed by atoms with Crippen LogP contribution in [0.15, 0.2) is 36.8 Å². The minimum Gasteiger partial charge on any atom is -0.368 e. The molecular weight excluding hydrogens is 276 g/mol. The number of pyridine rings is 1. The number of nitrogens with one attached hydrogen (secondary N) is 1. The lowest BCUT2D eigenvalue weighted by atomic mass is 10.1. The van der Waals surface area contributed by atoms with E-state index in [1.807, 2.05) is 12.1 Å². The second-order valence-electron chi connectivity index (χ2n) is 5.87. The molecule has 0 radical (unpaired) electrons. The van der Waals surface area contributed by atoms with Gasteiger partial charge in [-0.05, 0) is 44.1 Å². The fraction of sp³-hybridized carbons (Fsp3) is 0.438. The van der Waals surface area contributed by atoms with Crippen molar-refractivity contribution in [2.24, 2.45) is 5.92 Å². The molecule has 2 atom stereocenters. The summed E-state index contributed by atoms with van der Waals surface area (Å²) in [6.45, 7) is 3.84. The molecule has 0 aromatic carbocycles. The SMILES string of the molecule is CN1C[C@H]2CCN[C@H]2C1.Nc1nccc(-c2cccnc2)n1. The Morgan fingerprint density at radius 3 is 2.91 bits per heavy atom. The molecule has 2 aromatic heterocycles. The summed E-state index contributed by atoms with van der Waals surface area (Å²) in [6, 6.07) is 6.41. The van der Waals surface area contributed by atoms with E-state index < -0.39 is 0 Å². The van der Waals surface area contributed by atoms with Crippen LogP contribution in [-0.4, -0.2) is 52.6 Å². The van der Waals surface area contributed by atoms with E-state index in [1.165, 1.54) is 26.1 Å². The van der Waals surface area contributed by atoms with Gasteiger partial charge in [-0.15, -0.1) is 0 Å². The summed E-state index contributed by atoms with van der Waals surface area (Å²) >= 11 is 0. The number of nitrogens with zero attached hydrogens (tertiary/aromatic N) is 4. The first-order chi connectivity index (χ1) is 10.7. The molecule has 22 heavy (non-hydrogen) atoms. The van der Waals surface area contributed by atoms with Crippen molar-refractivity contribution in [1.82, 2.24) is 25.2 Å². The Bertz CT molecular complexity index is 591. The summed E-state index contributed by atoms with van der Waals surface area (Å²) in [4.78, 5) is 14.3. The largest absolute Gasteiger partial charge is 0.368 e. The van der Waals surface area contributed by atoms with E-state index in [4.69, 9.17) is 5.73 Å². The van der Waals surface area contributed by atoms with Crippen molar-refractivity contribution in [3.63, 3.8) is 0 Å². The smallest absolute Gasteiger partial charge is 0.220 e. The van der Waals surface area contributed by atoms with Crippen LogP contribution in [0.3, 0.4) is 0 Å². The lowest BCUT2D eigenvalue weighted by Crippen LogP contribution is -2.28. The van der Waals surface area contributed by atoms with Crippen LogP contribution >= 0.6 is 0 Å². The van der Waals surface area contributed by atoms with Gasteiger partial charge in [0.1, 0.15) is 0 Å². The Balaban J connectivity index is 0.000000139. The van der Waals surface area contributed by atoms with Gasteiger partial charge in [-0.25, -0.2) is 9.97 Å². The molecule has 3 N–H and O–H groups in total. The number of likely N-dealkylation sites (tertiary alicyclic amines) is 1. The maximum absolute atomic E-state index is 5.45. The van der Waals surface area contributed by atoms with E-state index in [2.05, 4.69) is 32.2 Å². The Labute approximate surface area is 130 Å². The van der Waals surface area contributed by atoms with Crippen molar-refractivity contribution in [1.29, 1.82) is 0 Å². The Kier molecular flexibility index (Phi) is 4.60. The van der Waals surface area contributed by atoms with Gasteiger partial charge < -0.3 is 16.0 Å². The highest BCUT2D eigenvalue weighted by Gasteiger charge is 2.33. The van der Waals surface area contributed by atoms with Crippen molar-refractivity contribution in [2.75, 3.05) is 32.4 Å². The fourth-order valence-corrected chi connectivity index (χ4v) is 3.11. The van der Waals surface area contributed by atoms with Gasteiger partial charge in [0.2, 0.25) is 5.95 Å². The van der Waals surface area contributed by atoms with Crippen LogP contribution in [0.4, 0.5) is 5.95 Å². The molecule has 2 aliphatic rings. The molecule has 0 saturated carbocycles. The summed E-state index contributed by atoms with van der Waals surface area (Å²) in [5, 5.41) is 3.51. The fourth-order valence-electron chi connectivity index (χ4n) is 3.11. The second-order valence-corrected chi connectivity index (χ2v) is 5.87. The maximum atomic E-state index is 5.45. The molecular formula is C16H22N6. The van der Waals surface area contributed by atoms with E-state index in [1.54, 1.807) is 24.7 Å². The lowest BCUT2D eigenvalue weighted by Gasteiger charge is -2.07. The van der Waals surface area contributed by atoms with Gasteiger partial charge in [-0.3, -0.25) is 4.98 Å². The summed E-state index contributed by atoms with van der Waals surface area (Å²) < 4.78 is 0. The molecule has 6 heteroatoms. The van der Waals surface area contributed by atoms with Crippen LogP contribution in [0, 0.1) is 5.92 Å². The van der Waals surface area contributed by atoms with Crippen molar-refractivity contribution in [3.05, 3.63) is 36.8 Å². The first-order valence-electron chi connectivity index (χ1n) is 7.63. The average molecular weight is 298 g/mol. The highest BCUT2D eigenvalue weighted by Crippen LogP contribution is 2.22. The molecule has 4 heterocycles. The third-order valence-electron chi connectivity index (χ3n) is 4.18. The first-order valence-corrected chi connectivity index (χ1v) is 7.63. The minimum atomic E-state index is 0.279. The number of aromatic nitrogens is 3. The molecule has 2 fully saturated rings. The van der Waals surface area contributed by atoms with Gasteiger partial charge in [-0.2, -0.15) is 0 Å². The van der Waals surface area contributed by atoms with Crippen LogP contribution in [0.1, 0.15) is 6.42 Å². The molecule has 4 rings (SSSR count). The monoisotopic (exact) mass is 298 g/mol. The summed E-state index contributed by atoms with van der Waals surface area (Å²) in [5.41, 5.74) is 7.19. The number of anilines is 1. The number of hydrogen-bond acceptors (Lipinski definition) is 6. The molecule has 0 bridgehead atoms. The van der Waals surface area contributed by atoms with Gasteiger partial charge in [0.25, 0.3) is 0 Å². The predicted octanol–water partition coefficient (Wildman–Crippen LogP) is 1.03. The second kappa shape index (κ2) is 6.81. The molecule has 116 valence electrons. The van der Waals surface area contributed by atoms with Crippen LogP contribution in [0.2, 0.25) is 0 Å². The highest BCUT2D eigenvalue weighted by atomic mass is 15.2. The lowest BCUT2D eigenvalue weighted by molar-refractivity contribution is 0.382. The number of nitrogen functional groups attached to an aromatic ring is 1. The number of hydrogen-bond donors (Lipinski definition) is 2. The number of nitrogens with two attached hydrogens (primary N) is 1. The summed E-state index contributed by atoms with van der Waals surface area (Å²) in [7, 11) is 2.21. The van der Waals surface area contributed by atoms with Crippen LogP contribution in [0.5, 0.6) is 0 Å². The Hall–Kier alpha value is -2.05. The predicted molar refractivity (Wildman–Crippen MR) is 87.1 cm³/mol. The normalized spacial score (nSPS) is 23.7.